The standard InChI is InChI=1S/C17H19NO2S/c1-3-21-15-11-7-10-14(16(15)17(19)20)18-12(2)13-8-5-4-6-9-13/h4-12,18H,3H2,1-2H3,(H,19,20). The van der Waals surface area contributed by atoms with E-state index in [1.165, 1.54) is 0 Å². The number of benzene rings is 2. The van der Waals surface area contributed by atoms with E-state index in [0.29, 0.717) is 11.3 Å². The molecular formula is C17H19NO2S. The lowest BCUT2D eigenvalue weighted by molar-refractivity contribution is 0.0694. The fraction of sp³-hybridized carbons (Fsp3) is 0.235. The summed E-state index contributed by atoms with van der Waals surface area (Å²) in [5.41, 5.74) is 2.15. The molecule has 0 aliphatic heterocycles. The molecule has 1 unspecified atom stereocenters. The minimum atomic E-state index is -0.894. The third-order valence-corrected chi connectivity index (χ3v) is 4.15. The van der Waals surface area contributed by atoms with E-state index in [1.807, 2.05) is 62.4 Å². The highest BCUT2D eigenvalue weighted by atomic mass is 32.2. The van der Waals surface area contributed by atoms with Crippen molar-refractivity contribution in [2.75, 3.05) is 11.1 Å². The predicted octanol–water partition coefficient (Wildman–Crippen LogP) is 4.67. The second-order valence-electron chi connectivity index (χ2n) is 4.69. The van der Waals surface area contributed by atoms with Crippen LogP contribution in [0.5, 0.6) is 0 Å². The molecule has 0 aliphatic rings. The number of anilines is 1. The molecule has 2 rings (SSSR count). The molecule has 0 saturated heterocycles. The van der Waals surface area contributed by atoms with Gasteiger partial charge in [-0.2, -0.15) is 0 Å². The molecule has 2 aromatic carbocycles. The first-order valence-corrected chi connectivity index (χ1v) is 7.92. The molecule has 0 bridgehead atoms. The quantitative estimate of drug-likeness (QED) is 0.761. The third-order valence-electron chi connectivity index (χ3n) is 3.21. The monoisotopic (exact) mass is 301 g/mol. The van der Waals surface area contributed by atoms with Crippen LogP contribution < -0.4 is 5.32 Å². The van der Waals surface area contributed by atoms with E-state index in [-0.39, 0.29) is 6.04 Å². The first-order valence-electron chi connectivity index (χ1n) is 6.94. The Hall–Kier alpha value is -1.94. The van der Waals surface area contributed by atoms with Crippen molar-refractivity contribution < 1.29 is 9.90 Å². The zero-order valence-electron chi connectivity index (χ0n) is 12.2. The van der Waals surface area contributed by atoms with Crippen molar-refractivity contribution >= 4 is 23.4 Å². The van der Waals surface area contributed by atoms with Gasteiger partial charge in [-0.15, -0.1) is 11.8 Å². The van der Waals surface area contributed by atoms with Crippen LogP contribution in [-0.4, -0.2) is 16.8 Å². The lowest BCUT2D eigenvalue weighted by Crippen LogP contribution is -2.11. The van der Waals surface area contributed by atoms with Crippen molar-refractivity contribution in [3.8, 4) is 0 Å². The Morgan fingerprint density at radius 3 is 2.52 bits per heavy atom. The lowest BCUT2D eigenvalue weighted by atomic mass is 10.1. The zero-order chi connectivity index (χ0) is 15.2. The SMILES string of the molecule is CCSc1cccc(NC(C)c2ccccc2)c1C(=O)O. The molecule has 4 heteroatoms. The Kier molecular flexibility index (Phi) is 5.28. The maximum Gasteiger partial charge on any atom is 0.338 e. The van der Waals surface area contributed by atoms with Crippen LogP contribution in [0.15, 0.2) is 53.4 Å². The highest BCUT2D eigenvalue weighted by Gasteiger charge is 2.17. The Morgan fingerprint density at radius 1 is 1.19 bits per heavy atom. The van der Waals surface area contributed by atoms with Crippen LogP contribution in [-0.2, 0) is 0 Å². The Morgan fingerprint density at radius 2 is 1.90 bits per heavy atom. The average molecular weight is 301 g/mol. The molecular weight excluding hydrogens is 282 g/mol. The van der Waals surface area contributed by atoms with Gasteiger partial charge in [0.2, 0.25) is 0 Å². The smallest absolute Gasteiger partial charge is 0.338 e. The number of aromatic carboxylic acids is 1. The normalized spacial score (nSPS) is 11.9. The summed E-state index contributed by atoms with van der Waals surface area (Å²) < 4.78 is 0. The zero-order valence-corrected chi connectivity index (χ0v) is 13.0. The van der Waals surface area contributed by atoms with Crippen molar-refractivity contribution in [2.45, 2.75) is 24.8 Å². The van der Waals surface area contributed by atoms with Gasteiger partial charge in [-0.3, -0.25) is 0 Å². The van der Waals surface area contributed by atoms with E-state index in [0.717, 1.165) is 16.2 Å². The number of hydrogen-bond acceptors (Lipinski definition) is 3. The van der Waals surface area contributed by atoms with Gasteiger partial charge in [0, 0.05) is 10.9 Å². The van der Waals surface area contributed by atoms with E-state index in [9.17, 15) is 9.90 Å². The Labute approximate surface area is 129 Å². The summed E-state index contributed by atoms with van der Waals surface area (Å²) in [6, 6.07) is 15.6. The van der Waals surface area contributed by atoms with Gasteiger partial charge in [0.15, 0.2) is 0 Å². The summed E-state index contributed by atoms with van der Waals surface area (Å²) in [5.74, 6) is -0.0489. The first-order chi connectivity index (χ1) is 10.1. The van der Waals surface area contributed by atoms with Crippen LogP contribution in [0.4, 0.5) is 5.69 Å². The van der Waals surface area contributed by atoms with Gasteiger partial charge in [0.1, 0.15) is 0 Å². The van der Waals surface area contributed by atoms with Crippen LogP contribution in [0, 0.1) is 0 Å². The minimum Gasteiger partial charge on any atom is -0.478 e. The van der Waals surface area contributed by atoms with Crippen LogP contribution in [0.1, 0.15) is 35.8 Å². The molecule has 0 heterocycles. The molecule has 0 amide bonds. The molecule has 0 fully saturated rings. The molecule has 1 atom stereocenters. The Balaban J connectivity index is 2.31. The van der Waals surface area contributed by atoms with E-state index in [4.69, 9.17) is 0 Å². The average Bonchev–Trinajstić information content (AvgIpc) is 2.48. The molecule has 2 aromatic rings. The van der Waals surface area contributed by atoms with Crippen LogP contribution in [0.3, 0.4) is 0 Å². The molecule has 2 N–H and O–H groups in total. The summed E-state index contributed by atoms with van der Waals surface area (Å²) >= 11 is 1.55. The van der Waals surface area contributed by atoms with Crippen molar-refractivity contribution in [3.63, 3.8) is 0 Å². The molecule has 0 aliphatic carbocycles. The number of carboxylic acids is 1. The molecule has 21 heavy (non-hydrogen) atoms. The molecule has 110 valence electrons. The molecule has 0 saturated carbocycles. The minimum absolute atomic E-state index is 0.0474. The third kappa shape index (κ3) is 3.79. The van der Waals surface area contributed by atoms with Gasteiger partial charge in [0.05, 0.1) is 11.3 Å². The van der Waals surface area contributed by atoms with E-state index in [1.54, 1.807) is 11.8 Å². The summed E-state index contributed by atoms with van der Waals surface area (Å²) in [5, 5.41) is 12.8. The van der Waals surface area contributed by atoms with Crippen molar-refractivity contribution in [1.82, 2.24) is 0 Å². The topological polar surface area (TPSA) is 49.3 Å². The van der Waals surface area contributed by atoms with Crippen LogP contribution in [0.25, 0.3) is 0 Å². The molecule has 0 radical (unpaired) electrons. The lowest BCUT2D eigenvalue weighted by Gasteiger charge is -2.18. The highest BCUT2D eigenvalue weighted by Crippen LogP contribution is 2.30. The number of nitrogens with one attached hydrogen (secondary N) is 1. The van der Waals surface area contributed by atoms with Gasteiger partial charge < -0.3 is 10.4 Å². The van der Waals surface area contributed by atoms with Gasteiger partial charge >= 0.3 is 5.97 Å². The van der Waals surface area contributed by atoms with E-state index >= 15 is 0 Å². The number of hydrogen-bond donors (Lipinski definition) is 2. The largest absolute Gasteiger partial charge is 0.478 e. The second-order valence-corrected chi connectivity index (χ2v) is 6.00. The predicted molar refractivity (Wildman–Crippen MR) is 88.3 cm³/mol. The Bertz CT molecular complexity index is 613. The second kappa shape index (κ2) is 7.18. The fourth-order valence-corrected chi connectivity index (χ4v) is 3.03. The molecule has 0 spiro atoms. The summed E-state index contributed by atoms with van der Waals surface area (Å²) in [6.07, 6.45) is 0. The number of carboxylic acid groups (broad SMARTS) is 1. The fourth-order valence-electron chi connectivity index (χ4n) is 2.21. The van der Waals surface area contributed by atoms with Crippen LogP contribution >= 0.6 is 11.8 Å². The van der Waals surface area contributed by atoms with Gasteiger partial charge in [-0.05, 0) is 30.4 Å². The maximum absolute atomic E-state index is 11.6. The summed E-state index contributed by atoms with van der Waals surface area (Å²) in [4.78, 5) is 12.4. The number of rotatable bonds is 6. The van der Waals surface area contributed by atoms with Crippen molar-refractivity contribution in [1.29, 1.82) is 0 Å². The van der Waals surface area contributed by atoms with E-state index in [2.05, 4.69) is 5.32 Å². The highest BCUT2D eigenvalue weighted by molar-refractivity contribution is 7.99. The van der Waals surface area contributed by atoms with Gasteiger partial charge in [-0.25, -0.2) is 4.79 Å². The van der Waals surface area contributed by atoms with Gasteiger partial charge in [0.25, 0.3) is 0 Å². The van der Waals surface area contributed by atoms with Crippen molar-refractivity contribution in [3.05, 3.63) is 59.7 Å². The molecule has 0 aromatic heterocycles. The first kappa shape index (κ1) is 15.4. The maximum atomic E-state index is 11.6. The van der Waals surface area contributed by atoms with Crippen molar-refractivity contribution in [2.24, 2.45) is 0 Å². The summed E-state index contributed by atoms with van der Waals surface area (Å²) in [7, 11) is 0. The van der Waals surface area contributed by atoms with Gasteiger partial charge in [-0.1, -0.05) is 43.3 Å². The van der Waals surface area contributed by atoms with Crippen LogP contribution in [0.2, 0.25) is 0 Å². The molecule has 3 nitrogen and oxygen atoms in total. The summed E-state index contributed by atoms with van der Waals surface area (Å²) in [6.45, 7) is 4.05. The number of carbonyl (C=O) groups is 1. The number of thioether (sulfide) groups is 1. The van der Waals surface area contributed by atoms with E-state index < -0.39 is 5.97 Å².